The molecule has 0 N–H and O–H groups in total. The Bertz CT molecular complexity index is 462. The Labute approximate surface area is 100 Å². The fourth-order valence-corrected chi connectivity index (χ4v) is 2.67. The lowest BCUT2D eigenvalue weighted by atomic mass is 9.97. The minimum Gasteiger partial charge on any atom is -0.332 e. The van der Waals surface area contributed by atoms with E-state index in [1.165, 1.54) is 0 Å². The molecule has 3 heteroatoms. The average molecular weight is 229 g/mol. The largest absolute Gasteiger partial charge is 0.332 e. The molecular formula is C14H15NO2. The van der Waals surface area contributed by atoms with Crippen LogP contribution in [0.5, 0.6) is 0 Å². The van der Waals surface area contributed by atoms with E-state index in [4.69, 9.17) is 0 Å². The second-order valence-corrected chi connectivity index (χ2v) is 5.08. The molecule has 1 amide bonds. The first-order valence-electron chi connectivity index (χ1n) is 6.06. The maximum atomic E-state index is 12.0. The van der Waals surface area contributed by atoms with Crippen LogP contribution in [0.25, 0.3) is 0 Å². The van der Waals surface area contributed by atoms with Crippen molar-refractivity contribution in [2.45, 2.75) is 37.8 Å². The van der Waals surface area contributed by atoms with Gasteiger partial charge in [0.2, 0.25) is 5.91 Å². The van der Waals surface area contributed by atoms with E-state index < -0.39 is 0 Å². The maximum Gasteiger partial charge on any atom is 0.230 e. The third kappa shape index (κ3) is 1.86. The van der Waals surface area contributed by atoms with Crippen molar-refractivity contribution in [1.82, 2.24) is 4.90 Å². The van der Waals surface area contributed by atoms with Crippen molar-refractivity contribution >= 4 is 11.7 Å². The Morgan fingerprint density at radius 3 is 2.47 bits per heavy atom. The molecule has 88 valence electrons. The molecule has 17 heavy (non-hydrogen) atoms. The molecule has 1 spiro atoms. The zero-order chi connectivity index (χ0) is 11.9. The highest BCUT2D eigenvalue weighted by Crippen LogP contribution is 2.48. The summed E-state index contributed by atoms with van der Waals surface area (Å²) in [5, 5.41) is 0. The van der Waals surface area contributed by atoms with Gasteiger partial charge in [0, 0.05) is 13.0 Å². The number of piperidine rings is 1. The Kier molecular flexibility index (Phi) is 2.28. The van der Waals surface area contributed by atoms with Crippen molar-refractivity contribution < 1.29 is 9.59 Å². The third-order valence-electron chi connectivity index (χ3n) is 3.76. The minimum absolute atomic E-state index is 0.00241. The molecule has 3 rings (SSSR count). The summed E-state index contributed by atoms with van der Waals surface area (Å²) >= 11 is 0. The molecule has 2 aliphatic rings. The van der Waals surface area contributed by atoms with Gasteiger partial charge in [-0.05, 0) is 18.4 Å². The van der Waals surface area contributed by atoms with E-state index in [-0.39, 0.29) is 23.7 Å². The highest BCUT2D eigenvalue weighted by Gasteiger charge is 2.53. The lowest BCUT2D eigenvalue weighted by Gasteiger charge is -2.35. The lowest BCUT2D eigenvalue weighted by Crippen LogP contribution is -2.48. The summed E-state index contributed by atoms with van der Waals surface area (Å²) in [7, 11) is 0. The first kappa shape index (κ1) is 10.5. The summed E-state index contributed by atoms with van der Waals surface area (Å²) in [5.74, 6) is 0.111. The van der Waals surface area contributed by atoms with Gasteiger partial charge in [0.1, 0.15) is 5.78 Å². The average Bonchev–Trinajstić information content (AvgIpc) is 3.06. The Morgan fingerprint density at radius 1 is 1.12 bits per heavy atom. The topological polar surface area (TPSA) is 37.4 Å². The highest BCUT2D eigenvalue weighted by atomic mass is 16.2. The van der Waals surface area contributed by atoms with Gasteiger partial charge in [-0.15, -0.1) is 0 Å². The SMILES string of the molecule is O=C1CC(=O)N(Cc2ccccc2)C2(CC2)C1. The number of rotatable bonds is 2. The number of hydrogen-bond donors (Lipinski definition) is 0. The van der Waals surface area contributed by atoms with E-state index >= 15 is 0 Å². The smallest absolute Gasteiger partial charge is 0.230 e. The van der Waals surface area contributed by atoms with Crippen LogP contribution in [-0.2, 0) is 16.1 Å². The van der Waals surface area contributed by atoms with Crippen molar-refractivity contribution in [1.29, 1.82) is 0 Å². The summed E-state index contributed by atoms with van der Waals surface area (Å²) in [5.41, 5.74) is 1.02. The van der Waals surface area contributed by atoms with Crippen molar-refractivity contribution in [2.75, 3.05) is 0 Å². The number of carbonyl (C=O) groups is 2. The molecule has 1 saturated carbocycles. The Morgan fingerprint density at radius 2 is 1.82 bits per heavy atom. The molecule has 0 radical (unpaired) electrons. The first-order valence-corrected chi connectivity index (χ1v) is 6.06. The van der Waals surface area contributed by atoms with E-state index in [2.05, 4.69) is 0 Å². The number of hydrogen-bond acceptors (Lipinski definition) is 2. The van der Waals surface area contributed by atoms with Gasteiger partial charge < -0.3 is 4.90 Å². The second kappa shape index (κ2) is 3.69. The number of amides is 1. The van der Waals surface area contributed by atoms with Gasteiger partial charge in [-0.1, -0.05) is 30.3 Å². The minimum atomic E-state index is -0.123. The molecule has 1 aromatic carbocycles. The Hall–Kier alpha value is -1.64. The quantitative estimate of drug-likeness (QED) is 0.726. The van der Waals surface area contributed by atoms with Gasteiger partial charge in [0.15, 0.2) is 0 Å². The van der Waals surface area contributed by atoms with Gasteiger partial charge in [0.25, 0.3) is 0 Å². The van der Waals surface area contributed by atoms with E-state index in [0.717, 1.165) is 18.4 Å². The number of likely N-dealkylation sites (tertiary alicyclic amines) is 1. The van der Waals surface area contributed by atoms with Crippen LogP contribution in [0.3, 0.4) is 0 Å². The molecule has 1 saturated heterocycles. The van der Waals surface area contributed by atoms with Crippen molar-refractivity contribution in [3.05, 3.63) is 35.9 Å². The van der Waals surface area contributed by atoms with Crippen LogP contribution in [-0.4, -0.2) is 22.1 Å². The summed E-state index contributed by atoms with van der Waals surface area (Å²) in [6.07, 6.45) is 2.62. The summed E-state index contributed by atoms with van der Waals surface area (Å²) < 4.78 is 0. The van der Waals surface area contributed by atoms with Gasteiger partial charge in [-0.25, -0.2) is 0 Å². The van der Waals surface area contributed by atoms with Crippen molar-refractivity contribution in [2.24, 2.45) is 0 Å². The van der Waals surface area contributed by atoms with Crippen LogP contribution < -0.4 is 0 Å². The molecular weight excluding hydrogens is 214 g/mol. The molecule has 0 bridgehead atoms. The molecule has 1 aliphatic carbocycles. The summed E-state index contributed by atoms with van der Waals surface area (Å²) in [6, 6.07) is 9.99. The third-order valence-corrected chi connectivity index (χ3v) is 3.76. The zero-order valence-electron chi connectivity index (χ0n) is 9.69. The van der Waals surface area contributed by atoms with Crippen molar-refractivity contribution in [3.63, 3.8) is 0 Å². The fourth-order valence-electron chi connectivity index (χ4n) is 2.67. The highest BCUT2D eigenvalue weighted by molar-refractivity contribution is 6.01. The first-order chi connectivity index (χ1) is 8.20. The molecule has 2 fully saturated rings. The number of ketones is 1. The molecule has 0 unspecified atom stereocenters. The zero-order valence-corrected chi connectivity index (χ0v) is 9.69. The van der Waals surface area contributed by atoms with E-state index in [9.17, 15) is 9.59 Å². The number of Topliss-reactive ketones (excluding diaryl/α,β-unsaturated/α-hetero) is 1. The molecule has 1 aromatic rings. The summed E-state index contributed by atoms with van der Waals surface area (Å²) in [6.45, 7) is 0.646. The standard InChI is InChI=1S/C14H15NO2/c16-12-8-13(17)15(14(9-12)6-7-14)10-11-4-2-1-3-5-11/h1-5H,6-10H2. The maximum absolute atomic E-state index is 12.0. The van der Waals surface area contributed by atoms with E-state index in [0.29, 0.717) is 13.0 Å². The molecule has 1 heterocycles. The fraction of sp³-hybridized carbons (Fsp3) is 0.429. The normalized spacial score (nSPS) is 22.0. The van der Waals surface area contributed by atoms with Gasteiger partial charge in [-0.2, -0.15) is 0 Å². The summed E-state index contributed by atoms with van der Waals surface area (Å²) in [4.78, 5) is 25.4. The lowest BCUT2D eigenvalue weighted by molar-refractivity contribution is -0.144. The predicted molar refractivity (Wildman–Crippen MR) is 63.2 cm³/mol. The molecule has 0 atom stereocenters. The van der Waals surface area contributed by atoms with E-state index in [1.54, 1.807) is 0 Å². The van der Waals surface area contributed by atoms with E-state index in [1.807, 2.05) is 35.2 Å². The van der Waals surface area contributed by atoms with Crippen LogP contribution in [0.4, 0.5) is 0 Å². The van der Waals surface area contributed by atoms with Crippen molar-refractivity contribution in [3.8, 4) is 0 Å². The van der Waals surface area contributed by atoms with Crippen LogP contribution in [0.2, 0.25) is 0 Å². The Balaban J connectivity index is 1.82. The number of nitrogens with zero attached hydrogens (tertiary/aromatic N) is 1. The molecule has 3 nitrogen and oxygen atoms in total. The molecule has 0 aromatic heterocycles. The molecule has 1 aliphatic heterocycles. The number of carbonyl (C=O) groups excluding carboxylic acids is 2. The van der Waals surface area contributed by atoms with Crippen LogP contribution in [0.15, 0.2) is 30.3 Å². The van der Waals surface area contributed by atoms with Crippen LogP contribution >= 0.6 is 0 Å². The number of benzene rings is 1. The van der Waals surface area contributed by atoms with Crippen LogP contribution in [0.1, 0.15) is 31.2 Å². The second-order valence-electron chi connectivity index (χ2n) is 5.08. The van der Waals surface area contributed by atoms with Crippen LogP contribution in [0, 0.1) is 0 Å². The van der Waals surface area contributed by atoms with Gasteiger partial charge in [-0.3, -0.25) is 9.59 Å². The van der Waals surface area contributed by atoms with Gasteiger partial charge in [0.05, 0.1) is 12.0 Å². The predicted octanol–water partition coefficient (Wildman–Crippen LogP) is 1.91. The monoisotopic (exact) mass is 229 g/mol. The van der Waals surface area contributed by atoms with Gasteiger partial charge >= 0.3 is 0 Å².